The number of carbonyl (C=O) groups is 2. The summed E-state index contributed by atoms with van der Waals surface area (Å²) in [6.45, 7) is 8.84. The molecule has 0 aliphatic rings. The number of aryl methyl sites for hydroxylation is 1. The van der Waals surface area contributed by atoms with Crippen molar-refractivity contribution >= 4 is 11.8 Å². The second-order valence-corrected chi connectivity index (χ2v) is 6.39. The number of carbonyl (C=O) groups excluding carboxylic acids is 2. The Labute approximate surface area is 148 Å². The smallest absolute Gasteiger partial charge is 0.255 e. The van der Waals surface area contributed by atoms with Crippen LogP contribution in [-0.2, 0) is 11.3 Å². The Balaban J connectivity index is 1.97. The molecule has 0 aliphatic carbocycles. The standard InChI is InChI=1S/C19H26N4O2/c1-13(2)18(24)20-10-11-21-19(25)17-14(3)22-23(15(17)4)12-16-8-6-5-7-9-16/h5-9,13H,10-12H2,1-4H3,(H,20,24)(H,21,25). The van der Waals surface area contributed by atoms with Crippen molar-refractivity contribution in [3.05, 3.63) is 52.8 Å². The van der Waals surface area contributed by atoms with E-state index < -0.39 is 0 Å². The van der Waals surface area contributed by atoms with Gasteiger partial charge in [-0.1, -0.05) is 44.2 Å². The minimum absolute atomic E-state index is 0.0164. The molecule has 2 aromatic rings. The monoisotopic (exact) mass is 342 g/mol. The molecule has 0 radical (unpaired) electrons. The van der Waals surface area contributed by atoms with Gasteiger partial charge in [0.05, 0.1) is 17.8 Å². The quantitative estimate of drug-likeness (QED) is 0.756. The number of benzene rings is 1. The van der Waals surface area contributed by atoms with Crippen molar-refractivity contribution in [2.75, 3.05) is 13.1 Å². The highest BCUT2D eigenvalue weighted by Crippen LogP contribution is 2.14. The molecule has 6 nitrogen and oxygen atoms in total. The molecular weight excluding hydrogens is 316 g/mol. The minimum atomic E-state index is -0.159. The molecule has 0 bridgehead atoms. The first-order chi connectivity index (χ1) is 11.9. The number of amides is 2. The van der Waals surface area contributed by atoms with Crippen molar-refractivity contribution in [1.29, 1.82) is 0 Å². The summed E-state index contributed by atoms with van der Waals surface area (Å²) in [7, 11) is 0. The molecule has 0 aliphatic heterocycles. The van der Waals surface area contributed by atoms with E-state index in [2.05, 4.69) is 15.7 Å². The molecule has 134 valence electrons. The average Bonchev–Trinajstić information content (AvgIpc) is 2.85. The molecule has 2 rings (SSSR count). The van der Waals surface area contributed by atoms with Crippen LogP contribution in [0.25, 0.3) is 0 Å². The van der Waals surface area contributed by atoms with Crippen LogP contribution in [0, 0.1) is 19.8 Å². The van der Waals surface area contributed by atoms with Gasteiger partial charge in [-0.05, 0) is 19.4 Å². The third-order valence-electron chi connectivity index (χ3n) is 4.02. The van der Waals surface area contributed by atoms with Gasteiger partial charge in [0.2, 0.25) is 5.91 Å². The molecule has 0 fully saturated rings. The lowest BCUT2D eigenvalue weighted by Crippen LogP contribution is -2.36. The second kappa shape index (κ2) is 8.46. The van der Waals surface area contributed by atoms with Crippen molar-refractivity contribution in [2.24, 2.45) is 5.92 Å². The topological polar surface area (TPSA) is 76.0 Å². The van der Waals surface area contributed by atoms with Crippen molar-refractivity contribution in [2.45, 2.75) is 34.2 Å². The minimum Gasteiger partial charge on any atom is -0.354 e. The van der Waals surface area contributed by atoms with Gasteiger partial charge < -0.3 is 10.6 Å². The van der Waals surface area contributed by atoms with Gasteiger partial charge >= 0.3 is 0 Å². The fraction of sp³-hybridized carbons (Fsp3) is 0.421. The van der Waals surface area contributed by atoms with Crippen LogP contribution in [0.5, 0.6) is 0 Å². The summed E-state index contributed by atoms with van der Waals surface area (Å²) >= 11 is 0. The number of hydrogen-bond acceptors (Lipinski definition) is 3. The Bertz CT molecular complexity index is 735. The first-order valence-corrected chi connectivity index (χ1v) is 8.54. The molecule has 1 aromatic heterocycles. The van der Waals surface area contributed by atoms with Crippen LogP contribution < -0.4 is 10.6 Å². The van der Waals surface area contributed by atoms with E-state index in [4.69, 9.17) is 0 Å². The molecule has 6 heteroatoms. The molecular formula is C19H26N4O2. The van der Waals surface area contributed by atoms with E-state index in [1.165, 1.54) is 0 Å². The third-order valence-corrected chi connectivity index (χ3v) is 4.02. The van der Waals surface area contributed by atoms with E-state index in [-0.39, 0.29) is 17.7 Å². The number of nitrogens with one attached hydrogen (secondary N) is 2. The first kappa shape index (κ1) is 18.7. The maximum Gasteiger partial charge on any atom is 0.255 e. The first-order valence-electron chi connectivity index (χ1n) is 8.54. The van der Waals surface area contributed by atoms with Crippen LogP contribution in [0.2, 0.25) is 0 Å². The number of aromatic nitrogens is 2. The van der Waals surface area contributed by atoms with Gasteiger partial charge in [-0.2, -0.15) is 5.10 Å². The van der Waals surface area contributed by atoms with E-state index in [0.29, 0.717) is 30.9 Å². The van der Waals surface area contributed by atoms with Gasteiger partial charge in [-0.25, -0.2) is 0 Å². The SMILES string of the molecule is Cc1nn(Cc2ccccc2)c(C)c1C(=O)NCCNC(=O)C(C)C. The second-order valence-electron chi connectivity index (χ2n) is 6.39. The number of rotatable bonds is 7. The van der Waals surface area contributed by atoms with E-state index >= 15 is 0 Å². The molecule has 0 saturated heterocycles. The van der Waals surface area contributed by atoms with Crippen LogP contribution >= 0.6 is 0 Å². The van der Waals surface area contributed by atoms with E-state index in [0.717, 1.165) is 11.3 Å². The molecule has 2 amide bonds. The molecule has 1 heterocycles. The zero-order valence-corrected chi connectivity index (χ0v) is 15.3. The highest BCUT2D eigenvalue weighted by molar-refractivity contribution is 5.96. The van der Waals surface area contributed by atoms with Crippen LogP contribution in [0.1, 0.15) is 41.2 Å². The lowest BCUT2D eigenvalue weighted by atomic mass is 10.1. The Morgan fingerprint density at radius 1 is 1.08 bits per heavy atom. The van der Waals surface area contributed by atoms with Gasteiger partial charge in [-0.3, -0.25) is 14.3 Å². The van der Waals surface area contributed by atoms with Gasteiger partial charge in [0.15, 0.2) is 0 Å². The highest BCUT2D eigenvalue weighted by atomic mass is 16.2. The Morgan fingerprint density at radius 3 is 2.36 bits per heavy atom. The maximum absolute atomic E-state index is 12.5. The summed E-state index contributed by atoms with van der Waals surface area (Å²) in [4.78, 5) is 24.0. The fourth-order valence-corrected chi connectivity index (χ4v) is 2.59. The van der Waals surface area contributed by atoms with Crippen LogP contribution in [-0.4, -0.2) is 34.7 Å². The largest absolute Gasteiger partial charge is 0.354 e. The summed E-state index contributed by atoms with van der Waals surface area (Å²) in [6, 6.07) is 10.0. The molecule has 25 heavy (non-hydrogen) atoms. The Kier molecular flexibility index (Phi) is 6.33. The summed E-state index contributed by atoms with van der Waals surface area (Å²) in [5.41, 5.74) is 3.28. The van der Waals surface area contributed by atoms with Crippen molar-refractivity contribution in [3.63, 3.8) is 0 Å². The molecule has 0 saturated carbocycles. The van der Waals surface area contributed by atoms with Gasteiger partial charge in [-0.15, -0.1) is 0 Å². The third kappa shape index (κ3) is 4.92. The van der Waals surface area contributed by atoms with Crippen molar-refractivity contribution < 1.29 is 9.59 Å². The zero-order chi connectivity index (χ0) is 18.4. The van der Waals surface area contributed by atoms with E-state index in [9.17, 15) is 9.59 Å². The maximum atomic E-state index is 12.5. The average molecular weight is 342 g/mol. The van der Waals surface area contributed by atoms with Crippen molar-refractivity contribution in [1.82, 2.24) is 20.4 Å². The highest BCUT2D eigenvalue weighted by Gasteiger charge is 2.18. The summed E-state index contributed by atoms with van der Waals surface area (Å²) < 4.78 is 1.85. The molecule has 2 N–H and O–H groups in total. The predicted octanol–water partition coefficient (Wildman–Crippen LogP) is 2.05. The Morgan fingerprint density at radius 2 is 1.72 bits per heavy atom. The summed E-state index contributed by atoms with van der Waals surface area (Å²) in [5, 5.41) is 10.1. The van der Waals surface area contributed by atoms with Crippen LogP contribution in [0.3, 0.4) is 0 Å². The van der Waals surface area contributed by atoms with Gasteiger partial charge in [0.1, 0.15) is 0 Å². The lowest BCUT2D eigenvalue weighted by molar-refractivity contribution is -0.123. The summed E-state index contributed by atoms with van der Waals surface area (Å²) in [5.74, 6) is -0.234. The van der Waals surface area contributed by atoms with Crippen LogP contribution in [0.15, 0.2) is 30.3 Å². The van der Waals surface area contributed by atoms with E-state index in [1.807, 2.05) is 62.7 Å². The lowest BCUT2D eigenvalue weighted by Gasteiger charge is -2.09. The van der Waals surface area contributed by atoms with Crippen LogP contribution in [0.4, 0.5) is 0 Å². The Hall–Kier alpha value is -2.63. The normalized spacial score (nSPS) is 10.8. The molecule has 0 atom stereocenters. The predicted molar refractivity (Wildman–Crippen MR) is 97.4 cm³/mol. The van der Waals surface area contributed by atoms with Crippen molar-refractivity contribution in [3.8, 4) is 0 Å². The van der Waals surface area contributed by atoms with Gasteiger partial charge in [0, 0.05) is 24.7 Å². The molecule has 1 aromatic carbocycles. The molecule has 0 spiro atoms. The zero-order valence-electron chi connectivity index (χ0n) is 15.3. The van der Waals surface area contributed by atoms with E-state index in [1.54, 1.807) is 0 Å². The van der Waals surface area contributed by atoms with Gasteiger partial charge in [0.25, 0.3) is 5.91 Å². The number of nitrogens with zero attached hydrogens (tertiary/aromatic N) is 2. The molecule has 0 unspecified atom stereocenters. The summed E-state index contributed by atoms with van der Waals surface area (Å²) in [6.07, 6.45) is 0. The number of hydrogen-bond donors (Lipinski definition) is 2. The fourth-order valence-electron chi connectivity index (χ4n) is 2.59.